The zero-order valence-corrected chi connectivity index (χ0v) is 12.0. The predicted octanol–water partition coefficient (Wildman–Crippen LogP) is -0.147. The molecule has 0 fully saturated rings. The van der Waals surface area contributed by atoms with E-state index >= 15 is 0 Å². The monoisotopic (exact) mass is 324 g/mol. The molecule has 0 spiro atoms. The minimum Gasteiger partial charge on any atom is -0.451 e. The molecule has 0 saturated heterocycles. The first kappa shape index (κ1) is 15.7. The van der Waals surface area contributed by atoms with E-state index in [2.05, 4.69) is 15.5 Å². The number of primary sulfonamides is 1. The molecule has 1 aromatic carbocycles. The first-order valence-electron chi connectivity index (χ1n) is 5.95. The number of rotatable bonds is 5. The van der Waals surface area contributed by atoms with Crippen molar-refractivity contribution in [1.82, 2.24) is 10.2 Å². The summed E-state index contributed by atoms with van der Waals surface area (Å²) in [6.45, 7) is -0.530. The number of amides is 1. The molecule has 2 rings (SSSR count). The van der Waals surface area contributed by atoms with Gasteiger partial charge in [0.25, 0.3) is 5.91 Å². The lowest BCUT2D eigenvalue weighted by Gasteiger charge is -2.07. The van der Waals surface area contributed by atoms with Crippen molar-refractivity contribution in [2.24, 2.45) is 5.14 Å². The quantitative estimate of drug-likeness (QED) is 0.652. The minimum atomic E-state index is -3.86. The second-order valence-corrected chi connectivity index (χ2v) is 5.73. The third-order valence-corrected chi connectivity index (χ3v) is 3.41. The first-order chi connectivity index (χ1) is 10.4. The minimum absolute atomic E-state index is 0.115. The Balaban J connectivity index is 1.94. The Bertz CT molecular complexity index is 786. The summed E-state index contributed by atoms with van der Waals surface area (Å²) in [5, 5.41) is 13.4. The number of sulfonamides is 1. The fourth-order valence-electron chi connectivity index (χ4n) is 1.53. The van der Waals surface area contributed by atoms with Crippen LogP contribution >= 0.6 is 0 Å². The molecule has 0 aliphatic heterocycles. The molecule has 22 heavy (non-hydrogen) atoms. The Morgan fingerprint density at radius 3 is 2.73 bits per heavy atom. The topological polar surface area (TPSA) is 144 Å². The van der Waals surface area contributed by atoms with Crippen molar-refractivity contribution in [1.29, 1.82) is 0 Å². The van der Waals surface area contributed by atoms with Crippen LogP contribution in [0.3, 0.4) is 0 Å². The Morgan fingerprint density at radius 2 is 2.09 bits per heavy atom. The number of aromatic amines is 1. The molecule has 116 valence electrons. The number of ether oxygens (including phenoxy) is 1. The van der Waals surface area contributed by atoms with E-state index in [1.54, 1.807) is 0 Å². The van der Waals surface area contributed by atoms with Gasteiger partial charge in [0.15, 0.2) is 6.61 Å². The van der Waals surface area contributed by atoms with Crippen LogP contribution in [0.1, 0.15) is 10.5 Å². The highest BCUT2D eigenvalue weighted by molar-refractivity contribution is 7.89. The van der Waals surface area contributed by atoms with Gasteiger partial charge in [-0.25, -0.2) is 18.4 Å². The van der Waals surface area contributed by atoms with Gasteiger partial charge in [-0.3, -0.25) is 9.89 Å². The zero-order valence-electron chi connectivity index (χ0n) is 11.1. The van der Waals surface area contributed by atoms with Gasteiger partial charge in [0, 0.05) is 11.9 Å². The van der Waals surface area contributed by atoms with E-state index in [4.69, 9.17) is 9.88 Å². The maximum absolute atomic E-state index is 11.7. The molecule has 0 bridgehead atoms. The van der Waals surface area contributed by atoms with E-state index in [-0.39, 0.29) is 16.3 Å². The third-order valence-electron chi connectivity index (χ3n) is 2.50. The number of carbonyl (C=O) groups excluding carboxylic acids is 2. The summed E-state index contributed by atoms with van der Waals surface area (Å²) < 4.78 is 27.2. The third kappa shape index (κ3) is 4.14. The normalized spacial score (nSPS) is 11.0. The van der Waals surface area contributed by atoms with Crippen LogP contribution in [0.15, 0.2) is 41.4 Å². The Morgan fingerprint density at radius 1 is 1.32 bits per heavy atom. The maximum atomic E-state index is 11.7. The first-order valence-corrected chi connectivity index (χ1v) is 7.50. The van der Waals surface area contributed by atoms with E-state index in [1.807, 2.05) is 0 Å². The molecule has 1 amide bonds. The Kier molecular flexibility index (Phi) is 4.53. The molecule has 0 atom stereocenters. The largest absolute Gasteiger partial charge is 0.451 e. The molecule has 2 aromatic rings. The molecular formula is C12H12N4O5S. The lowest BCUT2D eigenvalue weighted by molar-refractivity contribution is -0.119. The standard InChI is InChI=1S/C12H12N4O5S/c13-22(19,20)9-3-1-2-8(6-9)15-11(17)7-21-12(18)10-4-5-14-16-10/h1-6H,7H2,(H,14,16)(H,15,17)(H2,13,19,20). The smallest absolute Gasteiger partial charge is 0.356 e. The average Bonchev–Trinajstić information content (AvgIpc) is 2.98. The van der Waals surface area contributed by atoms with Gasteiger partial charge >= 0.3 is 5.97 Å². The molecule has 0 unspecified atom stereocenters. The van der Waals surface area contributed by atoms with Crippen molar-refractivity contribution >= 4 is 27.6 Å². The van der Waals surface area contributed by atoms with Crippen molar-refractivity contribution < 1.29 is 22.7 Å². The zero-order chi connectivity index (χ0) is 16.2. The van der Waals surface area contributed by atoms with Crippen molar-refractivity contribution in [3.05, 3.63) is 42.2 Å². The lowest BCUT2D eigenvalue weighted by Crippen LogP contribution is -2.21. The van der Waals surface area contributed by atoms with Crippen LogP contribution in [0.25, 0.3) is 0 Å². The number of carbonyl (C=O) groups is 2. The van der Waals surface area contributed by atoms with Crippen LogP contribution < -0.4 is 10.5 Å². The molecule has 0 aliphatic carbocycles. The van der Waals surface area contributed by atoms with Crippen molar-refractivity contribution in [3.8, 4) is 0 Å². The van der Waals surface area contributed by atoms with Gasteiger partial charge in [-0.2, -0.15) is 5.10 Å². The number of nitrogens with one attached hydrogen (secondary N) is 2. The summed E-state index contributed by atoms with van der Waals surface area (Å²) in [4.78, 5) is 23.0. The van der Waals surface area contributed by atoms with Crippen LogP contribution in [0.4, 0.5) is 5.69 Å². The van der Waals surface area contributed by atoms with Crippen LogP contribution in [0.5, 0.6) is 0 Å². The van der Waals surface area contributed by atoms with E-state index in [9.17, 15) is 18.0 Å². The SMILES string of the molecule is NS(=O)(=O)c1cccc(NC(=O)COC(=O)c2ccn[nH]2)c1. The number of nitrogens with two attached hydrogens (primary N) is 1. The molecule has 1 heterocycles. The van der Waals surface area contributed by atoms with Crippen molar-refractivity contribution in [2.45, 2.75) is 4.90 Å². The van der Waals surface area contributed by atoms with Crippen LogP contribution in [-0.4, -0.2) is 37.1 Å². The molecule has 0 radical (unpaired) electrons. The van der Waals surface area contributed by atoms with E-state index in [0.29, 0.717) is 0 Å². The highest BCUT2D eigenvalue weighted by Gasteiger charge is 2.12. The van der Waals surface area contributed by atoms with Gasteiger partial charge in [0.1, 0.15) is 5.69 Å². The van der Waals surface area contributed by atoms with Gasteiger partial charge < -0.3 is 10.1 Å². The lowest BCUT2D eigenvalue weighted by atomic mass is 10.3. The Labute approximate surface area is 125 Å². The second kappa shape index (κ2) is 6.37. The van der Waals surface area contributed by atoms with E-state index < -0.39 is 28.5 Å². The van der Waals surface area contributed by atoms with Crippen LogP contribution in [-0.2, 0) is 19.6 Å². The van der Waals surface area contributed by atoms with Crippen LogP contribution in [0.2, 0.25) is 0 Å². The second-order valence-electron chi connectivity index (χ2n) is 4.17. The number of aromatic nitrogens is 2. The summed E-state index contributed by atoms with van der Waals surface area (Å²) in [6, 6.07) is 6.79. The van der Waals surface area contributed by atoms with Crippen molar-refractivity contribution in [3.63, 3.8) is 0 Å². The highest BCUT2D eigenvalue weighted by Crippen LogP contribution is 2.13. The van der Waals surface area contributed by atoms with Gasteiger partial charge in [0.2, 0.25) is 10.0 Å². The average molecular weight is 324 g/mol. The number of hydrogen-bond acceptors (Lipinski definition) is 6. The summed E-state index contributed by atoms with van der Waals surface area (Å²) in [7, 11) is -3.86. The van der Waals surface area contributed by atoms with E-state index in [0.717, 1.165) is 0 Å². The maximum Gasteiger partial charge on any atom is 0.356 e. The van der Waals surface area contributed by atoms with Gasteiger partial charge in [-0.1, -0.05) is 6.07 Å². The van der Waals surface area contributed by atoms with E-state index in [1.165, 1.54) is 36.5 Å². The summed E-state index contributed by atoms with van der Waals surface area (Å²) in [5.74, 6) is -1.36. The molecule has 4 N–H and O–H groups in total. The van der Waals surface area contributed by atoms with Gasteiger partial charge in [-0.15, -0.1) is 0 Å². The fourth-order valence-corrected chi connectivity index (χ4v) is 2.09. The van der Waals surface area contributed by atoms with Crippen molar-refractivity contribution in [2.75, 3.05) is 11.9 Å². The van der Waals surface area contributed by atoms with Gasteiger partial charge in [0.05, 0.1) is 4.90 Å². The van der Waals surface area contributed by atoms with Gasteiger partial charge in [-0.05, 0) is 24.3 Å². The molecule has 1 aromatic heterocycles. The summed E-state index contributed by atoms with van der Waals surface area (Å²) >= 11 is 0. The number of hydrogen-bond donors (Lipinski definition) is 3. The number of anilines is 1. The molecular weight excluding hydrogens is 312 g/mol. The molecule has 10 heteroatoms. The predicted molar refractivity (Wildman–Crippen MR) is 75.3 cm³/mol. The number of esters is 1. The Hall–Kier alpha value is -2.72. The van der Waals surface area contributed by atoms with Crippen LogP contribution in [0, 0.1) is 0 Å². The molecule has 9 nitrogen and oxygen atoms in total. The number of benzene rings is 1. The summed E-state index contributed by atoms with van der Waals surface area (Å²) in [5.41, 5.74) is 0.332. The number of nitrogens with zero attached hydrogens (tertiary/aromatic N) is 1. The fraction of sp³-hybridized carbons (Fsp3) is 0.0833. The number of H-pyrrole nitrogens is 1. The summed E-state index contributed by atoms with van der Waals surface area (Å²) in [6.07, 6.45) is 1.37. The molecule has 0 saturated carbocycles. The highest BCUT2D eigenvalue weighted by atomic mass is 32.2. The molecule has 0 aliphatic rings.